The predicted molar refractivity (Wildman–Crippen MR) is 98.2 cm³/mol. The van der Waals surface area contributed by atoms with Crippen molar-refractivity contribution in [2.45, 2.75) is 25.7 Å². The molecule has 0 fully saturated rings. The molecule has 128 valence electrons. The molecule has 0 spiro atoms. The van der Waals surface area contributed by atoms with Crippen molar-refractivity contribution in [3.8, 4) is 0 Å². The van der Waals surface area contributed by atoms with Crippen molar-refractivity contribution in [1.29, 1.82) is 0 Å². The molecule has 1 amide bonds. The largest absolute Gasteiger partial charge is 0.396 e. The fourth-order valence-corrected chi connectivity index (χ4v) is 2.86. The number of aliphatic hydroxyl groups is 1. The Hall–Kier alpha value is -1.84. The molecule has 0 heterocycles. The summed E-state index contributed by atoms with van der Waals surface area (Å²) in [5, 5.41) is 13.0. The first kappa shape index (κ1) is 18.5. The highest BCUT2D eigenvalue weighted by atomic mass is 35.5. The third kappa shape index (κ3) is 5.66. The molecule has 2 unspecified atom stereocenters. The second kappa shape index (κ2) is 9.45. The third-order valence-electron chi connectivity index (χ3n) is 4.17. The zero-order chi connectivity index (χ0) is 17.4. The van der Waals surface area contributed by atoms with E-state index in [1.54, 1.807) is 0 Å². The zero-order valence-corrected chi connectivity index (χ0v) is 14.7. The summed E-state index contributed by atoms with van der Waals surface area (Å²) in [6.45, 7) is 2.57. The standard InChI is InChI=1S/C20H24ClNO2/c1-15(13-16-7-9-19(21)10-8-16)20(24)22-14-18(11-12-23)17-5-3-2-4-6-17/h2-10,15,18,23H,11-14H2,1H3,(H,22,24). The number of carbonyl (C=O) groups excluding carboxylic acids is 1. The Morgan fingerprint density at radius 3 is 2.42 bits per heavy atom. The topological polar surface area (TPSA) is 49.3 Å². The summed E-state index contributed by atoms with van der Waals surface area (Å²) >= 11 is 5.88. The maximum Gasteiger partial charge on any atom is 0.223 e. The van der Waals surface area contributed by atoms with Crippen LogP contribution in [0.3, 0.4) is 0 Å². The van der Waals surface area contributed by atoms with Gasteiger partial charge in [0.2, 0.25) is 5.91 Å². The zero-order valence-electron chi connectivity index (χ0n) is 13.9. The Kier molecular flexibility index (Phi) is 7.29. The monoisotopic (exact) mass is 345 g/mol. The molecule has 0 aromatic heterocycles. The van der Waals surface area contributed by atoms with E-state index in [9.17, 15) is 9.90 Å². The van der Waals surface area contributed by atoms with E-state index in [0.29, 0.717) is 24.4 Å². The number of benzene rings is 2. The van der Waals surface area contributed by atoms with Gasteiger partial charge in [-0.3, -0.25) is 4.79 Å². The van der Waals surface area contributed by atoms with Gasteiger partial charge in [0, 0.05) is 30.0 Å². The van der Waals surface area contributed by atoms with E-state index in [1.165, 1.54) is 0 Å². The number of rotatable bonds is 8. The first-order valence-electron chi connectivity index (χ1n) is 8.28. The summed E-state index contributed by atoms with van der Waals surface area (Å²) in [5.74, 6) is 0.0448. The van der Waals surface area contributed by atoms with Gasteiger partial charge in [-0.15, -0.1) is 0 Å². The summed E-state index contributed by atoms with van der Waals surface area (Å²) < 4.78 is 0. The van der Waals surface area contributed by atoms with Crippen molar-refractivity contribution < 1.29 is 9.90 Å². The van der Waals surface area contributed by atoms with Crippen LogP contribution in [0, 0.1) is 5.92 Å². The molecule has 0 bridgehead atoms. The van der Waals surface area contributed by atoms with Gasteiger partial charge in [-0.05, 0) is 36.1 Å². The molecular formula is C20H24ClNO2. The fourth-order valence-electron chi connectivity index (χ4n) is 2.73. The predicted octanol–water partition coefficient (Wildman–Crippen LogP) is 3.80. The number of carbonyl (C=O) groups is 1. The van der Waals surface area contributed by atoms with Crippen LogP contribution in [0.5, 0.6) is 0 Å². The second-order valence-electron chi connectivity index (χ2n) is 6.10. The molecule has 0 aliphatic heterocycles. The van der Waals surface area contributed by atoms with Crippen molar-refractivity contribution in [2.24, 2.45) is 5.92 Å². The van der Waals surface area contributed by atoms with Crippen LogP contribution in [0.25, 0.3) is 0 Å². The van der Waals surface area contributed by atoms with E-state index in [-0.39, 0.29) is 24.3 Å². The Morgan fingerprint density at radius 1 is 1.12 bits per heavy atom. The van der Waals surface area contributed by atoms with Crippen LogP contribution in [-0.4, -0.2) is 24.2 Å². The third-order valence-corrected chi connectivity index (χ3v) is 4.43. The van der Waals surface area contributed by atoms with Crippen LogP contribution >= 0.6 is 11.6 Å². The highest BCUT2D eigenvalue weighted by molar-refractivity contribution is 6.30. The minimum atomic E-state index is -0.114. The summed E-state index contributed by atoms with van der Waals surface area (Å²) in [6.07, 6.45) is 1.31. The first-order valence-corrected chi connectivity index (χ1v) is 8.66. The summed E-state index contributed by atoms with van der Waals surface area (Å²) in [7, 11) is 0. The minimum absolute atomic E-state index is 0.0313. The molecular weight excluding hydrogens is 322 g/mol. The van der Waals surface area contributed by atoms with Gasteiger partial charge in [0.1, 0.15) is 0 Å². The van der Waals surface area contributed by atoms with Gasteiger partial charge in [-0.2, -0.15) is 0 Å². The van der Waals surface area contributed by atoms with Gasteiger partial charge < -0.3 is 10.4 Å². The summed E-state index contributed by atoms with van der Waals surface area (Å²) in [6, 6.07) is 17.6. The fraction of sp³-hybridized carbons (Fsp3) is 0.350. The lowest BCUT2D eigenvalue weighted by Gasteiger charge is -2.19. The lowest BCUT2D eigenvalue weighted by atomic mass is 9.95. The molecule has 4 heteroatoms. The molecule has 2 N–H and O–H groups in total. The first-order chi connectivity index (χ1) is 11.6. The maximum atomic E-state index is 12.4. The van der Waals surface area contributed by atoms with Gasteiger partial charge >= 0.3 is 0 Å². The normalized spacial score (nSPS) is 13.3. The van der Waals surface area contributed by atoms with Crippen LogP contribution in [-0.2, 0) is 11.2 Å². The molecule has 0 aliphatic rings. The van der Waals surface area contributed by atoms with E-state index in [4.69, 9.17) is 11.6 Å². The Balaban J connectivity index is 1.89. The number of aliphatic hydroxyl groups excluding tert-OH is 1. The van der Waals surface area contributed by atoms with Gasteiger partial charge in [0.25, 0.3) is 0 Å². The molecule has 2 aromatic carbocycles. The average Bonchev–Trinajstić information content (AvgIpc) is 2.61. The average molecular weight is 346 g/mol. The van der Waals surface area contributed by atoms with E-state index < -0.39 is 0 Å². The van der Waals surface area contributed by atoms with E-state index in [2.05, 4.69) is 5.32 Å². The number of hydrogen-bond acceptors (Lipinski definition) is 2. The van der Waals surface area contributed by atoms with Gasteiger partial charge in [0.15, 0.2) is 0 Å². The number of amides is 1. The van der Waals surface area contributed by atoms with Crippen LogP contribution in [0.1, 0.15) is 30.4 Å². The Bertz CT molecular complexity index is 628. The number of nitrogens with one attached hydrogen (secondary N) is 1. The smallest absolute Gasteiger partial charge is 0.223 e. The molecule has 2 atom stereocenters. The molecule has 2 rings (SSSR count). The maximum absolute atomic E-state index is 12.4. The second-order valence-corrected chi connectivity index (χ2v) is 6.53. The van der Waals surface area contributed by atoms with Crippen molar-refractivity contribution in [3.63, 3.8) is 0 Å². The minimum Gasteiger partial charge on any atom is -0.396 e. The number of hydrogen-bond donors (Lipinski definition) is 2. The molecule has 0 radical (unpaired) electrons. The molecule has 0 saturated carbocycles. The highest BCUT2D eigenvalue weighted by Crippen LogP contribution is 2.19. The van der Waals surface area contributed by atoms with Crippen LogP contribution in [0.4, 0.5) is 0 Å². The molecule has 24 heavy (non-hydrogen) atoms. The molecule has 0 saturated heterocycles. The SMILES string of the molecule is CC(Cc1ccc(Cl)cc1)C(=O)NCC(CCO)c1ccccc1. The van der Waals surface area contributed by atoms with Crippen LogP contribution in [0.2, 0.25) is 5.02 Å². The lowest BCUT2D eigenvalue weighted by molar-refractivity contribution is -0.124. The van der Waals surface area contributed by atoms with Crippen LogP contribution < -0.4 is 5.32 Å². The lowest BCUT2D eigenvalue weighted by Crippen LogP contribution is -2.33. The van der Waals surface area contributed by atoms with E-state index in [0.717, 1.165) is 11.1 Å². The van der Waals surface area contributed by atoms with E-state index >= 15 is 0 Å². The summed E-state index contributed by atoms with van der Waals surface area (Å²) in [4.78, 5) is 12.4. The van der Waals surface area contributed by atoms with Gasteiger partial charge in [-0.1, -0.05) is 61.0 Å². The number of halogens is 1. The van der Waals surface area contributed by atoms with Crippen molar-refractivity contribution in [1.82, 2.24) is 5.32 Å². The summed E-state index contributed by atoms with van der Waals surface area (Å²) in [5.41, 5.74) is 2.23. The van der Waals surface area contributed by atoms with E-state index in [1.807, 2.05) is 61.5 Å². The highest BCUT2D eigenvalue weighted by Gasteiger charge is 2.16. The molecule has 0 aliphatic carbocycles. The molecule has 3 nitrogen and oxygen atoms in total. The quantitative estimate of drug-likeness (QED) is 0.764. The molecule has 2 aromatic rings. The van der Waals surface area contributed by atoms with Crippen molar-refractivity contribution >= 4 is 17.5 Å². The Labute approximate surface area is 148 Å². The van der Waals surface area contributed by atoms with Crippen molar-refractivity contribution in [3.05, 3.63) is 70.7 Å². The van der Waals surface area contributed by atoms with Gasteiger partial charge in [-0.25, -0.2) is 0 Å². The Morgan fingerprint density at radius 2 is 1.79 bits per heavy atom. The van der Waals surface area contributed by atoms with Crippen LogP contribution in [0.15, 0.2) is 54.6 Å². The van der Waals surface area contributed by atoms with Gasteiger partial charge in [0.05, 0.1) is 0 Å². The van der Waals surface area contributed by atoms with Crippen molar-refractivity contribution in [2.75, 3.05) is 13.2 Å².